The van der Waals surface area contributed by atoms with Crippen LogP contribution in [-0.2, 0) is 7.05 Å². The number of fused-ring (bicyclic) bond motifs is 1. The summed E-state index contributed by atoms with van der Waals surface area (Å²) >= 11 is 1.96. The van der Waals surface area contributed by atoms with Crippen LogP contribution in [0.15, 0.2) is 18.2 Å². The quantitative estimate of drug-likeness (QED) is 0.812. The molecule has 0 aliphatic carbocycles. The number of methoxy groups -OCH3 is 1. The Morgan fingerprint density at radius 3 is 2.73 bits per heavy atom. The zero-order valence-electron chi connectivity index (χ0n) is 13.4. The van der Waals surface area contributed by atoms with E-state index in [0.717, 1.165) is 52.5 Å². The molecule has 0 bridgehead atoms. The van der Waals surface area contributed by atoms with Crippen LogP contribution in [0.1, 0.15) is 16.1 Å². The molecule has 0 saturated carbocycles. The van der Waals surface area contributed by atoms with E-state index in [-0.39, 0.29) is 5.78 Å². The van der Waals surface area contributed by atoms with Gasteiger partial charge in [-0.3, -0.25) is 9.69 Å². The van der Waals surface area contributed by atoms with Crippen molar-refractivity contribution in [3.63, 3.8) is 0 Å². The smallest absolute Gasteiger partial charge is 0.179 e. The number of thioether (sulfide) groups is 1. The van der Waals surface area contributed by atoms with Crippen LogP contribution in [0.25, 0.3) is 10.9 Å². The van der Waals surface area contributed by atoms with Gasteiger partial charge in [-0.2, -0.15) is 11.8 Å². The molecule has 0 radical (unpaired) electrons. The van der Waals surface area contributed by atoms with Crippen LogP contribution in [0.5, 0.6) is 5.75 Å². The third-order valence-electron chi connectivity index (χ3n) is 4.45. The van der Waals surface area contributed by atoms with E-state index in [4.69, 9.17) is 4.74 Å². The van der Waals surface area contributed by atoms with Crippen LogP contribution in [0.4, 0.5) is 0 Å². The first-order chi connectivity index (χ1) is 10.6. The van der Waals surface area contributed by atoms with Gasteiger partial charge in [0.05, 0.1) is 13.7 Å². The molecule has 5 heteroatoms. The highest BCUT2D eigenvalue weighted by molar-refractivity contribution is 7.99. The Balaban J connectivity index is 1.97. The first-order valence-corrected chi connectivity index (χ1v) is 8.73. The summed E-state index contributed by atoms with van der Waals surface area (Å²) in [6.45, 7) is 4.54. The first-order valence-electron chi connectivity index (χ1n) is 7.58. The summed E-state index contributed by atoms with van der Waals surface area (Å²) in [5, 5.41) is 0.996. The molecule has 1 aliphatic heterocycles. The van der Waals surface area contributed by atoms with Crippen molar-refractivity contribution in [2.45, 2.75) is 6.92 Å². The van der Waals surface area contributed by atoms with Gasteiger partial charge in [0.2, 0.25) is 0 Å². The molecule has 118 valence electrons. The molecule has 22 heavy (non-hydrogen) atoms. The number of hydrogen-bond donors (Lipinski definition) is 0. The predicted molar refractivity (Wildman–Crippen MR) is 92.3 cm³/mol. The minimum absolute atomic E-state index is 0.211. The third-order valence-corrected chi connectivity index (χ3v) is 5.39. The highest BCUT2D eigenvalue weighted by Gasteiger charge is 2.22. The summed E-state index contributed by atoms with van der Waals surface area (Å²) < 4.78 is 7.41. The molecule has 0 unspecified atom stereocenters. The molecule has 0 amide bonds. The van der Waals surface area contributed by atoms with Gasteiger partial charge in [0.25, 0.3) is 0 Å². The number of carbonyl (C=O) groups is 1. The number of benzene rings is 1. The van der Waals surface area contributed by atoms with Crippen LogP contribution in [0, 0.1) is 6.92 Å². The van der Waals surface area contributed by atoms with Crippen molar-refractivity contribution in [3.05, 3.63) is 29.5 Å². The fourth-order valence-corrected chi connectivity index (χ4v) is 4.05. The van der Waals surface area contributed by atoms with Crippen molar-refractivity contribution in [1.82, 2.24) is 9.47 Å². The summed E-state index contributed by atoms with van der Waals surface area (Å²) in [5.41, 5.74) is 2.95. The number of rotatable bonds is 4. The van der Waals surface area contributed by atoms with Crippen molar-refractivity contribution in [3.8, 4) is 5.75 Å². The van der Waals surface area contributed by atoms with E-state index in [1.807, 2.05) is 43.9 Å². The van der Waals surface area contributed by atoms with Gasteiger partial charge in [0.15, 0.2) is 5.78 Å². The van der Waals surface area contributed by atoms with E-state index >= 15 is 0 Å². The topological polar surface area (TPSA) is 34.5 Å². The number of aryl methyl sites for hydroxylation is 1. The molecular weight excluding hydrogens is 296 g/mol. The van der Waals surface area contributed by atoms with Gasteiger partial charge in [-0.1, -0.05) is 0 Å². The zero-order valence-corrected chi connectivity index (χ0v) is 14.2. The van der Waals surface area contributed by atoms with Gasteiger partial charge in [-0.15, -0.1) is 0 Å². The molecule has 1 aliphatic rings. The van der Waals surface area contributed by atoms with Crippen molar-refractivity contribution < 1.29 is 9.53 Å². The molecule has 1 aromatic heterocycles. The highest BCUT2D eigenvalue weighted by Crippen LogP contribution is 2.29. The Morgan fingerprint density at radius 1 is 1.32 bits per heavy atom. The number of aromatic nitrogens is 1. The molecule has 1 saturated heterocycles. The number of hydrogen-bond acceptors (Lipinski definition) is 4. The Labute approximate surface area is 135 Å². The lowest BCUT2D eigenvalue weighted by atomic mass is 10.1. The van der Waals surface area contributed by atoms with Crippen LogP contribution < -0.4 is 4.74 Å². The largest absolute Gasteiger partial charge is 0.497 e. The lowest BCUT2D eigenvalue weighted by molar-refractivity contribution is 0.0938. The fourth-order valence-electron chi connectivity index (χ4n) is 3.07. The van der Waals surface area contributed by atoms with E-state index < -0.39 is 0 Å². The van der Waals surface area contributed by atoms with Gasteiger partial charge in [0.1, 0.15) is 5.75 Å². The van der Waals surface area contributed by atoms with Crippen molar-refractivity contribution in [1.29, 1.82) is 0 Å². The Hall–Kier alpha value is -1.46. The second-order valence-electron chi connectivity index (χ2n) is 5.71. The fraction of sp³-hybridized carbons (Fsp3) is 0.471. The number of ether oxygens (including phenoxy) is 1. The average Bonchev–Trinajstić information content (AvgIpc) is 2.79. The minimum atomic E-state index is 0.211. The molecule has 1 fully saturated rings. The molecule has 1 aromatic carbocycles. The van der Waals surface area contributed by atoms with Crippen LogP contribution in [0.3, 0.4) is 0 Å². The van der Waals surface area contributed by atoms with Gasteiger partial charge in [0, 0.05) is 53.8 Å². The summed E-state index contributed by atoms with van der Waals surface area (Å²) in [6.07, 6.45) is 0. The second kappa shape index (κ2) is 6.34. The van der Waals surface area contributed by atoms with Gasteiger partial charge in [-0.25, -0.2) is 0 Å². The van der Waals surface area contributed by atoms with Crippen LogP contribution in [0.2, 0.25) is 0 Å². The Kier molecular flexibility index (Phi) is 4.45. The minimum Gasteiger partial charge on any atom is -0.497 e. The van der Waals surface area contributed by atoms with Crippen molar-refractivity contribution >= 4 is 28.4 Å². The Morgan fingerprint density at radius 2 is 2.05 bits per heavy atom. The average molecular weight is 318 g/mol. The molecule has 4 nitrogen and oxygen atoms in total. The summed E-state index contributed by atoms with van der Waals surface area (Å²) in [5.74, 6) is 3.25. The lowest BCUT2D eigenvalue weighted by Gasteiger charge is -2.25. The maximum atomic E-state index is 12.9. The third kappa shape index (κ3) is 2.75. The van der Waals surface area contributed by atoms with Gasteiger partial charge in [-0.05, 0) is 25.1 Å². The van der Waals surface area contributed by atoms with E-state index in [0.29, 0.717) is 6.54 Å². The standard InChI is InChI=1S/C17H22N2O2S/c1-12-17(16(20)11-19-6-8-22-9-7-19)14-10-13(21-3)4-5-15(14)18(12)2/h4-5,10H,6-9,11H2,1-3H3. The SMILES string of the molecule is COc1ccc2c(c1)c(C(=O)CN1CCSCC1)c(C)n2C. The molecule has 2 heterocycles. The normalized spacial score (nSPS) is 16.1. The van der Waals surface area contributed by atoms with Crippen LogP contribution in [-0.4, -0.2) is 53.5 Å². The zero-order chi connectivity index (χ0) is 15.7. The van der Waals surface area contributed by atoms with Crippen LogP contribution >= 0.6 is 11.8 Å². The molecule has 2 aromatic rings. The summed E-state index contributed by atoms with van der Waals surface area (Å²) in [4.78, 5) is 15.1. The maximum Gasteiger partial charge on any atom is 0.179 e. The van der Waals surface area contributed by atoms with Gasteiger partial charge < -0.3 is 9.30 Å². The maximum absolute atomic E-state index is 12.9. The molecule has 3 rings (SSSR count). The number of carbonyl (C=O) groups excluding carboxylic acids is 1. The first kappa shape index (κ1) is 15.4. The number of ketones is 1. The second-order valence-corrected chi connectivity index (χ2v) is 6.94. The lowest BCUT2D eigenvalue weighted by Crippen LogP contribution is -2.36. The predicted octanol–water partition coefficient (Wildman–Crippen LogP) is 2.73. The number of Topliss-reactive ketones (excluding diaryl/α,β-unsaturated/α-hetero) is 1. The number of nitrogens with zero attached hydrogens (tertiary/aromatic N) is 2. The monoisotopic (exact) mass is 318 g/mol. The summed E-state index contributed by atoms with van der Waals surface area (Å²) in [6, 6.07) is 5.94. The van der Waals surface area contributed by atoms with Gasteiger partial charge >= 0.3 is 0 Å². The van der Waals surface area contributed by atoms with E-state index in [9.17, 15) is 4.79 Å². The molecule has 0 atom stereocenters. The highest BCUT2D eigenvalue weighted by atomic mass is 32.2. The Bertz CT molecular complexity index is 702. The van der Waals surface area contributed by atoms with Crippen molar-refractivity contribution in [2.75, 3.05) is 38.2 Å². The molecule has 0 spiro atoms. The van der Waals surface area contributed by atoms with E-state index in [1.54, 1.807) is 7.11 Å². The molecule has 0 N–H and O–H groups in total. The molecular formula is C17H22N2O2S. The van der Waals surface area contributed by atoms with E-state index in [2.05, 4.69) is 9.47 Å². The summed E-state index contributed by atoms with van der Waals surface area (Å²) in [7, 11) is 3.67. The van der Waals surface area contributed by atoms with E-state index in [1.165, 1.54) is 0 Å². The van der Waals surface area contributed by atoms with Crippen molar-refractivity contribution in [2.24, 2.45) is 7.05 Å².